The Hall–Kier alpha value is -3.35. The molecule has 0 amide bonds. The van der Waals surface area contributed by atoms with Gasteiger partial charge < -0.3 is 9.73 Å². The predicted octanol–water partition coefficient (Wildman–Crippen LogP) is 5.61. The summed E-state index contributed by atoms with van der Waals surface area (Å²) in [6.45, 7) is 1.91. The van der Waals surface area contributed by atoms with Gasteiger partial charge in [0, 0.05) is 11.3 Å². The van der Waals surface area contributed by atoms with E-state index in [0.717, 1.165) is 11.8 Å². The quantitative estimate of drug-likeness (QED) is 0.508. The molecule has 0 atom stereocenters. The van der Waals surface area contributed by atoms with E-state index in [9.17, 15) is 13.2 Å². The minimum Gasteiger partial charge on any atom is -0.464 e. The molecule has 2 aromatic heterocycles. The molecule has 2 aromatic carbocycles. The summed E-state index contributed by atoms with van der Waals surface area (Å²) in [4.78, 5) is 8.09. The first-order valence-corrected chi connectivity index (χ1v) is 8.30. The second kappa shape index (κ2) is 6.75. The molecule has 4 nitrogen and oxygen atoms in total. The van der Waals surface area contributed by atoms with Gasteiger partial charge in [0.2, 0.25) is 5.95 Å². The van der Waals surface area contributed by atoms with Crippen molar-refractivity contribution in [1.29, 1.82) is 0 Å². The maximum atomic E-state index is 14.4. The first-order chi connectivity index (χ1) is 13.0. The van der Waals surface area contributed by atoms with Gasteiger partial charge in [-0.05, 0) is 48.4 Å². The lowest BCUT2D eigenvalue weighted by atomic mass is 10.1. The Morgan fingerprint density at radius 2 is 1.89 bits per heavy atom. The van der Waals surface area contributed by atoms with Crippen LogP contribution in [0.5, 0.6) is 0 Å². The van der Waals surface area contributed by atoms with Crippen LogP contribution in [-0.4, -0.2) is 9.97 Å². The number of aryl methyl sites for hydroxylation is 1. The van der Waals surface area contributed by atoms with Crippen LogP contribution >= 0.6 is 0 Å². The fourth-order valence-corrected chi connectivity index (χ4v) is 2.89. The molecule has 0 saturated carbocycles. The van der Waals surface area contributed by atoms with Crippen LogP contribution in [0.15, 0.2) is 53.3 Å². The van der Waals surface area contributed by atoms with Crippen molar-refractivity contribution in [2.75, 3.05) is 5.32 Å². The molecule has 0 aliphatic heterocycles. The van der Waals surface area contributed by atoms with E-state index >= 15 is 0 Å². The molecule has 0 aliphatic rings. The van der Waals surface area contributed by atoms with E-state index in [-0.39, 0.29) is 22.6 Å². The second-order valence-electron chi connectivity index (χ2n) is 5.98. The molecule has 136 valence electrons. The zero-order valence-electron chi connectivity index (χ0n) is 14.3. The molecule has 4 rings (SSSR count). The van der Waals surface area contributed by atoms with Gasteiger partial charge in [-0.25, -0.2) is 23.1 Å². The Kier molecular flexibility index (Phi) is 4.27. The summed E-state index contributed by atoms with van der Waals surface area (Å²) < 4.78 is 47.2. The van der Waals surface area contributed by atoms with Gasteiger partial charge in [0.05, 0.1) is 17.8 Å². The molecule has 27 heavy (non-hydrogen) atoms. The molecule has 0 unspecified atom stereocenters. The van der Waals surface area contributed by atoms with Crippen LogP contribution in [-0.2, 0) is 6.42 Å². The number of nitrogens with zero attached hydrogens (tertiary/aromatic N) is 2. The van der Waals surface area contributed by atoms with E-state index in [1.807, 2.05) is 6.92 Å². The number of halogens is 3. The van der Waals surface area contributed by atoms with Gasteiger partial charge in [-0.2, -0.15) is 0 Å². The number of hydrogen-bond donors (Lipinski definition) is 1. The summed E-state index contributed by atoms with van der Waals surface area (Å²) in [6, 6.07) is 8.58. The number of benzene rings is 2. The Balaban J connectivity index is 1.77. The highest BCUT2D eigenvalue weighted by Crippen LogP contribution is 2.32. The number of rotatable bonds is 4. The number of anilines is 2. The number of hydrogen-bond acceptors (Lipinski definition) is 4. The maximum Gasteiger partial charge on any atom is 0.227 e. The van der Waals surface area contributed by atoms with Crippen molar-refractivity contribution in [1.82, 2.24) is 9.97 Å². The molecule has 7 heteroatoms. The summed E-state index contributed by atoms with van der Waals surface area (Å²) in [7, 11) is 0. The zero-order chi connectivity index (χ0) is 19.0. The molecule has 4 aromatic rings. The molecule has 0 saturated heterocycles. The van der Waals surface area contributed by atoms with Gasteiger partial charge in [0.25, 0.3) is 0 Å². The third-order valence-electron chi connectivity index (χ3n) is 4.18. The van der Waals surface area contributed by atoms with Crippen molar-refractivity contribution in [3.05, 3.63) is 71.9 Å². The van der Waals surface area contributed by atoms with E-state index in [2.05, 4.69) is 15.3 Å². The maximum absolute atomic E-state index is 14.4. The van der Waals surface area contributed by atoms with Crippen LogP contribution in [0, 0.1) is 17.5 Å². The Labute approximate surface area is 152 Å². The number of nitrogens with one attached hydrogen (secondary N) is 1. The highest BCUT2D eigenvalue weighted by atomic mass is 19.1. The average Bonchev–Trinajstić information content (AvgIpc) is 3.14. The molecule has 1 N–H and O–H groups in total. The Morgan fingerprint density at radius 3 is 2.70 bits per heavy atom. The van der Waals surface area contributed by atoms with Crippen molar-refractivity contribution in [3.8, 4) is 11.3 Å². The topological polar surface area (TPSA) is 51.0 Å². The van der Waals surface area contributed by atoms with Crippen LogP contribution in [0.1, 0.15) is 12.5 Å². The normalized spacial score (nSPS) is 11.1. The molecule has 0 radical (unpaired) electrons. The lowest BCUT2D eigenvalue weighted by Gasteiger charge is -2.09. The van der Waals surface area contributed by atoms with Gasteiger partial charge in [-0.3, -0.25) is 0 Å². The molecule has 0 aliphatic carbocycles. The average molecular weight is 369 g/mol. The Morgan fingerprint density at radius 1 is 1.04 bits per heavy atom. The van der Waals surface area contributed by atoms with E-state index in [1.165, 1.54) is 36.6 Å². The number of furan rings is 1. The molecule has 0 bridgehead atoms. The van der Waals surface area contributed by atoms with Crippen LogP contribution < -0.4 is 5.32 Å². The van der Waals surface area contributed by atoms with Crippen molar-refractivity contribution in [3.63, 3.8) is 0 Å². The minimum atomic E-state index is -0.682. The van der Waals surface area contributed by atoms with Gasteiger partial charge in [0.15, 0.2) is 5.82 Å². The zero-order valence-corrected chi connectivity index (χ0v) is 14.3. The molecule has 0 spiro atoms. The van der Waals surface area contributed by atoms with Gasteiger partial charge >= 0.3 is 0 Å². The van der Waals surface area contributed by atoms with E-state index in [0.29, 0.717) is 17.7 Å². The highest BCUT2D eigenvalue weighted by molar-refractivity contribution is 5.92. The second-order valence-corrected chi connectivity index (χ2v) is 5.98. The fourth-order valence-electron chi connectivity index (χ4n) is 2.89. The van der Waals surface area contributed by atoms with Gasteiger partial charge in [-0.15, -0.1) is 0 Å². The SMILES string of the molecule is CCc1cc(F)cc(Nc2ncc(F)c(-c3ccc(F)c4ccoc34)n2)c1. The number of aromatic nitrogens is 2. The van der Waals surface area contributed by atoms with Crippen LogP contribution in [0.3, 0.4) is 0 Å². The van der Waals surface area contributed by atoms with Crippen molar-refractivity contribution in [2.45, 2.75) is 13.3 Å². The van der Waals surface area contributed by atoms with Crippen molar-refractivity contribution in [2.24, 2.45) is 0 Å². The van der Waals surface area contributed by atoms with Crippen LogP contribution in [0.4, 0.5) is 24.8 Å². The first kappa shape index (κ1) is 17.1. The van der Waals surface area contributed by atoms with E-state index in [1.54, 1.807) is 6.07 Å². The van der Waals surface area contributed by atoms with E-state index in [4.69, 9.17) is 4.42 Å². The summed E-state index contributed by atoms with van der Waals surface area (Å²) in [5, 5.41) is 3.11. The lowest BCUT2D eigenvalue weighted by Crippen LogP contribution is -2.01. The molecular formula is C20H14F3N3O. The standard InChI is InChI=1S/C20H14F3N3O/c1-2-11-7-12(21)9-13(8-11)25-20-24-10-17(23)18(26-20)15-3-4-16(22)14-5-6-27-19(14)15/h3-10H,2H2,1H3,(H,24,25,26). The molecular weight excluding hydrogens is 355 g/mol. The smallest absolute Gasteiger partial charge is 0.227 e. The highest BCUT2D eigenvalue weighted by Gasteiger charge is 2.17. The molecule has 2 heterocycles. The van der Waals surface area contributed by atoms with Gasteiger partial charge in [0.1, 0.15) is 22.9 Å². The predicted molar refractivity (Wildman–Crippen MR) is 96.2 cm³/mol. The third-order valence-corrected chi connectivity index (χ3v) is 4.18. The monoisotopic (exact) mass is 369 g/mol. The minimum absolute atomic E-state index is 0.0421. The Bertz CT molecular complexity index is 1140. The van der Waals surface area contributed by atoms with Crippen molar-refractivity contribution < 1.29 is 17.6 Å². The van der Waals surface area contributed by atoms with Crippen LogP contribution in [0.2, 0.25) is 0 Å². The fraction of sp³-hybridized carbons (Fsp3) is 0.100. The largest absolute Gasteiger partial charge is 0.464 e. The summed E-state index contributed by atoms with van der Waals surface area (Å²) >= 11 is 0. The van der Waals surface area contributed by atoms with E-state index < -0.39 is 17.5 Å². The van der Waals surface area contributed by atoms with Crippen molar-refractivity contribution >= 4 is 22.6 Å². The summed E-state index contributed by atoms with van der Waals surface area (Å²) in [6.07, 6.45) is 2.99. The lowest BCUT2D eigenvalue weighted by molar-refractivity contribution is 0.605. The third kappa shape index (κ3) is 3.23. The van der Waals surface area contributed by atoms with Crippen LogP contribution in [0.25, 0.3) is 22.2 Å². The molecule has 0 fully saturated rings. The summed E-state index contributed by atoms with van der Waals surface area (Å²) in [5.74, 6) is -1.46. The van der Waals surface area contributed by atoms with Gasteiger partial charge in [-0.1, -0.05) is 6.92 Å². The number of fused-ring (bicyclic) bond motifs is 1. The first-order valence-electron chi connectivity index (χ1n) is 8.30. The summed E-state index contributed by atoms with van der Waals surface area (Å²) in [5.41, 5.74) is 1.70.